The normalized spacial score (nSPS) is 11.8. The Morgan fingerprint density at radius 3 is 2.65 bits per heavy atom. The highest BCUT2D eigenvalue weighted by atomic mass is 16.1. The molecule has 1 aromatic heterocycles. The molecule has 2 rings (SSSR count). The summed E-state index contributed by atoms with van der Waals surface area (Å²) in [5, 5.41) is 2.87. The van der Waals surface area contributed by atoms with Crippen molar-refractivity contribution < 1.29 is 4.79 Å². The van der Waals surface area contributed by atoms with E-state index in [9.17, 15) is 4.79 Å². The van der Waals surface area contributed by atoms with Crippen LogP contribution in [-0.2, 0) is 0 Å². The molecule has 0 bridgehead atoms. The Hall–Kier alpha value is -2.23. The number of carbonyl (C=O) groups excluding carboxylic acids is 1. The monoisotopic (exact) mass is 227 g/mol. The van der Waals surface area contributed by atoms with E-state index in [1.165, 1.54) is 18.6 Å². The third kappa shape index (κ3) is 2.87. The number of nitrogens with zero attached hydrogens (tertiary/aromatic N) is 2. The van der Waals surface area contributed by atoms with Crippen molar-refractivity contribution in [1.29, 1.82) is 0 Å². The van der Waals surface area contributed by atoms with E-state index in [0.717, 1.165) is 5.56 Å². The van der Waals surface area contributed by atoms with Gasteiger partial charge in [-0.25, -0.2) is 4.98 Å². The standard InChI is InChI=1S/C13H13N3O/c1-10(11-5-3-2-4-6-11)16-13(17)12-9-14-7-8-15-12/h2-10H,1H3,(H,16,17). The van der Waals surface area contributed by atoms with Gasteiger partial charge in [0, 0.05) is 12.4 Å². The number of amides is 1. The molecule has 4 heteroatoms. The van der Waals surface area contributed by atoms with Crippen LogP contribution in [-0.4, -0.2) is 15.9 Å². The molecule has 0 saturated carbocycles. The van der Waals surface area contributed by atoms with Gasteiger partial charge in [-0.2, -0.15) is 0 Å². The Bertz CT molecular complexity index is 485. The van der Waals surface area contributed by atoms with E-state index in [1.54, 1.807) is 0 Å². The molecular formula is C13H13N3O. The Kier molecular flexibility index (Phi) is 3.45. The molecule has 1 amide bonds. The third-order valence-electron chi connectivity index (χ3n) is 2.44. The van der Waals surface area contributed by atoms with Gasteiger partial charge in [0.2, 0.25) is 0 Å². The van der Waals surface area contributed by atoms with Gasteiger partial charge >= 0.3 is 0 Å². The van der Waals surface area contributed by atoms with Gasteiger partial charge in [0.1, 0.15) is 5.69 Å². The SMILES string of the molecule is CC(NC(=O)c1cnccn1)c1ccccc1. The largest absolute Gasteiger partial charge is 0.344 e. The number of benzene rings is 1. The quantitative estimate of drug-likeness (QED) is 0.872. The molecule has 0 radical (unpaired) electrons. The second-order valence-electron chi connectivity index (χ2n) is 3.70. The molecule has 0 fully saturated rings. The first-order chi connectivity index (χ1) is 8.27. The summed E-state index contributed by atoms with van der Waals surface area (Å²) in [5.74, 6) is -0.213. The zero-order chi connectivity index (χ0) is 12.1. The molecule has 0 spiro atoms. The van der Waals surface area contributed by atoms with E-state index < -0.39 is 0 Å². The van der Waals surface area contributed by atoms with Gasteiger partial charge in [-0.1, -0.05) is 30.3 Å². The van der Waals surface area contributed by atoms with Gasteiger partial charge in [-0.3, -0.25) is 9.78 Å². The van der Waals surface area contributed by atoms with E-state index >= 15 is 0 Å². The van der Waals surface area contributed by atoms with Crippen molar-refractivity contribution in [2.75, 3.05) is 0 Å². The van der Waals surface area contributed by atoms with Crippen molar-refractivity contribution in [3.05, 3.63) is 60.2 Å². The Morgan fingerprint density at radius 1 is 1.24 bits per heavy atom. The van der Waals surface area contributed by atoms with Gasteiger partial charge < -0.3 is 5.32 Å². The van der Waals surface area contributed by atoms with Crippen LogP contribution in [0.25, 0.3) is 0 Å². The molecule has 86 valence electrons. The fourth-order valence-corrected chi connectivity index (χ4v) is 1.51. The van der Waals surface area contributed by atoms with Crippen LogP contribution in [0.3, 0.4) is 0 Å². The van der Waals surface area contributed by atoms with Crippen LogP contribution in [0.15, 0.2) is 48.9 Å². The summed E-state index contributed by atoms with van der Waals surface area (Å²) in [6, 6.07) is 9.73. The number of carbonyl (C=O) groups is 1. The number of aromatic nitrogens is 2. The maximum Gasteiger partial charge on any atom is 0.271 e. The molecule has 1 heterocycles. The van der Waals surface area contributed by atoms with Crippen LogP contribution in [0.4, 0.5) is 0 Å². The maximum absolute atomic E-state index is 11.8. The molecule has 1 atom stereocenters. The van der Waals surface area contributed by atoms with Gasteiger partial charge in [-0.05, 0) is 12.5 Å². The Labute approximate surface area is 99.7 Å². The average Bonchev–Trinajstić information content (AvgIpc) is 2.40. The maximum atomic E-state index is 11.8. The zero-order valence-electron chi connectivity index (χ0n) is 9.50. The molecule has 4 nitrogen and oxygen atoms in total. The summed E-state index contributed by atoms with van der Waals surface area (Å²) in [7, 11) is 0. The Balaban J connectivity index is 2.05. The average molecular weight is 227 g/mol. The lowest BCUT2D eigenvalue weighted by atomic mass is 10.1. The number of nitrogens with one attached hydrogen (secondary N) is 1. The first-order valence-corrected chi connectivity index (χ1v) is 5.39. The summed E-state index contributed by atoms with van der Waals surface area (Å²) >= 11 is 0. The second kappa shape index (κ2) is 5.21. The van der Waals surface area contributed by atoms with Gasteiger partial charge in [-0.15, -0.1) is 0 Å². The molecule has 0 saturated heterocycles. The first kappa shape index (κ1) is 11.3. The molecule has 2 aromatic rings. The van der Waals surface area contributed by atoms with E-state index in [0.29, 0.717) is 5.69 Å². The lowest BCUT2D eigenvalue weighted by Crippen LogP contribution is -2.27. The van der Waals surface area contributed by atoms with E-state index in [-0.39, 0.29) is 11.9 Å². The molecule has 1 aromatic carbocycles. The minimum Gasteiger partial charge on any atom is -0.344 e. The third-order valence-corrected chi connectivity index (χ3v) is 2.44. The van der Waals surface area contributed by atoms with Gasteiger partial charge in [0.25, 0.3) is 5.91 Å². The molecule has 1 N–H and O–H groups in total. The van der Waals surface area contributed by atoms with Crippen molar-refractivity contribution in [3.8, 4) is 0 Å². The minimum atomic E-state index is -0.213. The predicted molar refractivity (Wildman–Crippen MR) is 64.4 cm³/mol. The molecule has 17 heavy (non-hydrogen) atoms. The van der Waals surface area contributed by atoms with Crippen molar-refractivity contribution in [3.63, 3.8) is 0 Å². The molecule has 0 aliphatic carbocycles. The minimum absolute atomic E-state index is 0.0503. The lowest BCUT2D eigenvalue weighted by Gasteiger charge is -2.13. The second-order valence-corrected chi connectivity index (χ2v) is 3.70. The predicted octanol–water partition coefficient (Wildman–Crippen LogP) is 1.97. The topological polar surface area (TPSA) is 54.9 Å². The van der Waals surface area contributed by atoms with E-state index in [1.807, 2.05) is 37.3 Å². The van der Waals surface area contributed by atoms with Crippen molar-refractivity contribution in [1.82, 2.24) is 15.3 Å². The highest BCUT2D eigenvalue weighted by Crippen LogP contribution is 2.11. The molecule has 1 unspecified atom stereocenters. The fourth-order valence-electron chi connectivity index (χ4n) is 1.51. The first-order valence-electron chi connectivity index (χ1n) is 5.39. The van der Waals surface area contributed by atoms with E-state index in [4.69, 9.17) is 0 Å². The molecule has 0 aliphatic rings. The smallest absolute Gasteiger partial charge is 0.271 e. The molecular weight excluding hydrogens is 214 g/mol. The zero-order valence-corrected chi connectivity index (χ0v) is 9.50. The number of hydrogen-bond acceptors (Lipinski definition) is 3. The lowest BCUT2D eigenvalue weighted by molar-refractivity contribution is 0.0934. The van der Waals surface area contributed by atoms with Crippen LogP contribution >= 0.6 is 0 Å². The van der Waals surface area contributed by atoms with Crippen LogP contribution in [0, 0.1) is 0 Å². The number of hydrogen-bond donors (Lipinski definition) is 1. The Morgan fingerprint density at radius 2 is 2.00 bits per heavy atom. The van der Waals surface area contributed by atoms with E-state index in [2.05, 4.69) is 15.3 Å². The van der Waals surface area contributed by atoms with Crippen LogP contribution in [0.2, 0.25) is 0 Å². The molecule has 0 aliphatic heterocycles. The van der Waals surface area contributed by atoms with Crippen molar-refractivity contribution in [2.45, 2.75) is 13.0 Å². The summed E-state index contributed by atoms with van der Waals surface area (Å²) in [4.78, 5) is 19.6. The van der Waals surface area contributed by atoms with Crippen LogP contribution in [0.1, 0.15) is 29.0 Å². The van der Waals surface area contributed by atoms with Gasteiger partial charge in [0.05, 0.1) is 12.2 Å². The van der Waals surface area contributed by atoms with Crippen LogP contribution < -0.4 is 5.32 Å². The summed E-state index contributed by atoms with van der Waals surface area (Å²) < 4.78 is 0. The van der Waals surface area contributed by atoms with Crippen molar-refractivity contribution in [2.24, 2.45) is 0 Å². The van der Waals surface area contributed by atoms with Crippen molar-refractivity contribution >= 4 is 5.91 Å². The van der Waals surface area contributed by atoms with Crippen LogP contribution in [0.5, 0.6) is 0 Å². The highest BCUT2D eigenvalue weighted by molar-refractivity contribution is 5.92. The summed E-state index contributed by atoms with van der Waals surface area (Å²) in [6.45, 7) is 1.93. The fraction of sp³-hybridized carbons (Fsp3) is 0.154. The van der Waals surface area contributed by atoms with Gasteiger partial charge in [0.15, 0.2) is 0 Å². The summed E-state index contributed by atoms with van der Waals surface area (Å²) in [6.07, 6.45) is 4.49. The highest BCUT2D eigenvalue weighted by Gasteiger charge is 2.11. The summed E-state index contributed by atoms with van der Waals surface area (Å²) in [5.41, 5.74) is 1.39. The number of rotatable bonds is 3.